The Morgan fingerprint density at radius 1 is 0.552 bits per heavy atom. The molecule has 0 bridgehead atoms. The molecule has 0 saturated carbocycles. The maximum absolute atomic E-state index is 9.95. The Bertz CT molecular complexity index is 1290. The van der Waals surface area contributed by atoms with Gasteiger partial charge in [-0.3, -0.25) is 0 Å². The lowest BCUT2D eigenvalue weighted by Crippen LogP contribution is -1.83. The number of aromatic nitrogens is 2. The normalized spacial score (nSPS) is 11.0. The van der Waals surface area contributed by atoms with Gasteiger partial charge in [-0.05, 0) is 46.5 Å². The van der Waals surface area contributed by atoms with Crippen molar-refractivity contribution >= 4 is 11.0 Å². The Morgan fingerprint density at radius 3 is 1.55 bits per heavy atom. The maximum atomic E-state index is 9.95. The second-order valence-electron chi connectivity index (χ2n) is 6.96. The lowest BCUT2D eigenvalue weighted by molar-refractivity contribution is 0.475. The van der Waals surface area contributed by atoms with E-state index < -0.39 is 0 Å². The monoisotopic (exact) mass is 378 g/mol. The molecule has 140 valence electrons. The lowest BCUT2D eigenvalue weighted by Gasteiger charge is -2.06. The summed E-state index contributed by atoms with van der Waals surface area (Å²) in [6, 6.07) is 29.1. The van der Waals surface area contributed by atoms with Gasteiger partial charge in [0.2, 0.25) is 0 Å². The molecule has 3 N–H and O–H groups in total. The van der Waals surface area contributed by atoms with Gasteiger partial charge < -0.3 is 15.2 Å². The number of nitrogens with zero attached hydrogens (tertiary/aromatic N) is 1. The molecule has 1 heterocycles. The molecule has 5 aromatic rings. The van der Waals surface area contributed by atoms with Crippen LogP contribution in [0.4, 0.5) is 0 Å². The van der Waals surface area contributed by atoms with Crippen LogP contribution in [0.3, 0.4) is 0 Å². The number of phenols is 2. The van der Waals surface area contributed by atoms with E-state index >= 15 is 0 Å². The van der Waals surface area contributed by atoms with Crippen molar-refractivity contribution < 1.29 is 10.2 Å². The molecule has 0 unspecified atom stereocenters. The number of aromatic amines is 1. The third kappa shape index (κ3) is 3.21. The number of phenolic OH excluding ortho intramolecular Hbond substituents is 2. The quantitative estimate of drug-likeness (QED) is 0.362. The van der Waals surface area contributed by atoms with Gasteiger partial charge >= 0.3 is 0 Å². The largest absolute Gasteiger partial charge is 0.508 e. The van der Waals surface area contributed by atoms with E-state index in [9.17, 15) is 10.2 Å². The minimum absolute atomic E-state index is 0.176. The summed E-state index contributed by atoms with van der Waals surface area (Å²) < 4.78 is 0. The van der Waals surface area contributed by atoms with Crippen molar-refractivity contribution in [3.8, 4) is 45.1 Å². The smallest absolute Gasteiger partial charge is 0.143 e. The average Bonchev–Trinajstić information content (AvgIpc) is 3.21. The molecule has 0 atom stereocenters. The highest BCUT2D eigenvalue weighted by Crippen LogP contribution is 2.29. The van der Waals surface area contributed by atoms with Crippen LogP contribution in [-0.2, 0) is 0 Å². The zero-order valence-electron chi connectivity index (χ0n) is 15.5. The van der Waals surface area contributed by atoms with Crippen LogP contribution in [0.15, 0.2) is 91.0 Å². The Labute approximate surface area is 167 Å². The van der Waals surface area contributed by atoms with Crippen LogP contribution >= 0.6 is 0 Å². The third-order valence-corrected chi connectivity index (χ3v) is 5.07. The lowest BCUT2D eigenvalue weighted by atomic mass is 9.99. The number of hydrogen-bond acceptors (Lipinski definition) is 3. The summed E-state index contributed by atoms with van der Waals surface area (Å²) in [5.41, 5.74) is 6.77. The second kappa shape index (κ2) is 6.84. The molecular weight excluding hydrogens is 360 g/mol. The van der Waals surface area contributed by atoms with Gasteiger partial charge in [0.25, 0.3) is 0 Å². The van der Waals surface area contributed by atoms with E-state index in [-0.39, 0.29) is 11.5 Å². The molecule has 5 rings (SSSR count). The predicted octanol–water partition coefficient (Wildman–Crippen LogP) is 5.98. The first kappa shape index (κ1) is 17.1. The van der Waals surface area contributed by atoms with E-state index in [0.29, 0.717) is 5.52 Å². The average molecular weight is 378 g/mol. The summed E-state index contributed by atoms with van der Waals surface area (Å²) in [4.78, 5) is 7.77. The van der Waals surface area contributed by atoms with Crippen molar-refractivity contribution in [1.82, 2.24) is 9.97 Å². The zero-order valence-corrected chi connectivity index (χ0v) is 15.5. The highest BCUT2D eigenvalue weighted by Gasteiger charge is 2.08. The Kier molecular flexibility index (Phi) is 4.03. The highest BCUT2D eigenvalue weighted by molar-refractivity contribution is 5.84. The van der Waals surface area contributed by atoms with Crippen LogP contribution in [0.1, 0.15) is 0 Å². The van der Waals surface area contributed by atoms with Crippen LogP contribution in [0.5, 0.6) is 11.5 Å². The molecule has 0 fully saturated rings. The molecule has 0 aliphatic heterocycles. The minimum Gasteiger partial charge on any atom is -0.508 e. The van der Waals surface area contributed by atoms with Crippen molar-refractivity contribution in [2.45, 2.75) is 0 Å². The summed E-state index contributed by atoms with van der Waals surface area (Å²) >= 11 is 0. The van der Waals surface area contributed by atoms with Crippen LogP contribution in [-0.4, -0.2) is 20.2 Å². The van der Waals surface area contributed by atoms with Gasteiger partial charge in [0, 0.05) is 5.56 Å². The van der Waals surface area contributed by atoms with E-state index in [0.717, 1.165) is 39.2 Å². The van der Waals surface area contributed by atoms with Gasteiger partial charge in [0.1, 0.15) is 22.8 Å². The minimum atomic E-state index is 0.176. The number of H-pyrrole nitrogens is 1. The number of para-hydroxylation sites is 1. The summed E-state index contributed by atoms with van der Waals surface area (Å²) in [6.07, 6.45) is 0. The molecule has 4 aromatic carbocycles. The molecule has 0 radical (unpaired) electrons. The zero-order chi connectivity index (χ0) is 19.8. The molecule has 4 nitrogen and oxygen atoms in total. The van der Waals surface area contributed by atoms with Crippen LogP contribution in [0.25, 0.3) is 44.7 Å². The third-order valence-electron chi connectivity index (χ3n) is 5.07. The number of benzene rings is 4. The topological polar surface area (TPSA) is 69.1 Å². The fraction of sp³-hybridized carbons (Fsp3) is 0. The standard InChI is InChI=1S/C25H18N2O2/c28-21-14-12-19(13-15-21)17-6-4-16(5-7-17)18-8-10-20(11-9-18)25-26-22-2-1-3-23(29)24(22)27-25/h1-15,28-29H,(H,26,27). The van der Waals surface area contributed by atoms with Gasteiger partial charge in [-0.15, -0.1) is 0 Å². The molecule has 0 saturated heterocycles. The first-order valence-corrected chi connectivity index (χ1v) is 9.35. The van der Waals surface area contributed by atoms with E-state index in [2.05, 4.69) is 46.4 Å². The summed E-state index contributed by atoms with van der Waals surface area (Å²) in [6.45, 7) is 0. The fourth-order valence-corrected chi connectivity index (χ4v) is 3.48. The van der Waals surface area contributed by atoms with E-state index in [1.807, 2.05) is 30.3 Å². The maximum Gasteiger partial charge on any atom is 0.143 e. The Hall–Kier alpha value is -4.05. The van der Waals surface area contributed by atoms with E-state index in [1.54, 1.807) is 24.3 Å². The first-order valence-electron chi connectivity index (χ1n) is 9.35. The van der Waals surface area contributed by atoms with Gasteiger partial charge in [-0.2, -0.15) is 0 Å². The molecule has 0 aliphatic rings. The van der Waals surface area contributed by atoms with E-state index in [4.69, 9.17) is 0 Å². The molecule has 0 aliphatic carbocycles. The second-order valence-corrected chi connectivity index (χ2v) is 6.96. The molecule has 4 heteroatoms. The molecule has 0 amide bonds. The summed E-state index contributed by atoms with van der Waals surface area (Å²) in [5, 5.41) is 19.4. The number of nitrogens with one attached hydrogen (secondary N) is 1. The van der Waals surface area contributed by atoms with Crippen LogP contribution in [0, 0.1) is 0 Å². The van der Waals surface area contributed by atoms with Crippen molar-refractivity contribution in [1.29, 1.82) is 0 Å². The van der Waals surface area contributed by atoms with Crippen molar-refractivity contribution in [3.05, 3.63) is 91.0 Å². The first-order chi connectivity index (χ1) is 14.2. The highest BCUT2D eigenvalue weighted by atomic mass is 16.3. The number of fused-ring (bicyclic) bond motifs is 1. The van der Waals surface area contributed by atoms with Gasteiger partial charge in [-0.25, -0.2) is 4.98 Å². The Balaban J connectivity index is 1.42. The van der Waals surface area contributed by atoms with Crippen molar-refractivity contribution in [2.75, 3.05) is 0 Å². The Morgan fingerprint density at radius 2 is 1.03 bits per heavy atom. The molecule has 29 heavy (non-hydrogen) atoms. The van der Waals surface area contributed by atoms with Gasteiger partial charge in [0.05, 0.1) is 5.52 Å². The van der Waals surface area contributed by atoms with Crippen molar-refractivity contribution in [2.24, 2.45) is 0 Å². The number of hydrogen-bond donors (Lipinski definition) is 3. The summed E-state index contributed by atoms with van der Waals surface area (Å²) in [7, 11) is 0. The molecule has 0 spiro atoms. The van der Waals surface area contributed by atoms with Gasteiger partial charge in [0.15, 0.2) is 0 Å². The summed E-state index contributed by atoms with van der Waals surface area (Å²) in [5.74, 6) is 1.18. The number of rotatable bonds is 3. The SMILES string of the molecule is Oc1ccc(-c2ccc(-c3ccc(-c4nc5c(O)cccc5[nH]4)cc3)cc2)cc1. The van der Waals surface area contributed by atoms with Crippen LogP contribution < -0.4 is 0 Å². The van der Waals surface area contributed by atoms with Crippen molar-refractivity contribution in [3.63, 3.8) is 0 Å². The number of imidazole rings is 1. The van der Waals surface area contributed by atoms with Crippen LogP contribution in [0.2, 0.25) is 0 Å². The molecular formula is C25H18N2O2. The number of aromatic hydroxyl groups is 2. The predicted molar refractivity (Wildman–Crippen MR) is 116 cm³/mol. The molecule has 1 aromatic heterocycles. The van der Waals surface area contributed by atoms with E-state index in [1.165, 1.54) is 0 Å². The fourth-order valence-electron chi connectivity index (χ4n) is 3.48. The van der Waals surface area contributed by atoms with Gasteiger partial charge in [-0.1, -0.05) is 66.7 Å².